The molecule has 2 aromatic rings. The number of aromatic nitrogens is 2. The number of nitrogens with zero attached hydrogens (tertiary/aromatic N) is 2. The maximum Gasteiger partial charge on any atom is 0.201 e. The molecule has 0 aliphatic heterocycles. The van der Waals surface area contributed by atoms with Gasteiger partial charge in [-0.15, -0.1) is 0 Å². The molecule has 0 aliphatic rings. The lowest BCUT2D eigenvalue weighted by Gasteiger charge is -2.07. The van der Waals surface area contributed by atoms with Gasteiger partial charge in [-0.2, -0.15) is 0 Å². The molecule has 0 atom stereocenters. The van der Waals surface area contributed by atoms with Gasteiger partial charge < -0.3 is 15.0 Å². The monoisotopic (exact) mass is 281 g/mol. The van der Waals surface area contributed by atoms with Crippen LogP contribution in [0.25, 0.3) is 11.0 Å². The summed E-state index contributed by atoms with van der Waals surface area (Å²) in [6.07, 6.45) is 3.22. The van der Waals surface area contributed by atoms with Crippen molar-refractivity contribution in [2.24, 2.45) is 0 Å². The van der Waals surface area contributed by atoms with Gasteiger partial charge in [0.25, 0.3) is 0 Å². The average molecular weight is 282 g/mol. The number of unbranched alkanes of at least 4 members (excludes halogenated alkanes) is 1. The maximum atomic E-state index is 5.95. The van der Waals surface area contributed by atoms with Gasteiger partial charge in [0.1, 0.15) is 0 Å². The maximum absolute atomic E-state index is 5.95. The first-order chi connectivity index (χ1) is 9.22. The normalized spacial score (nSPS) is 11.3. The quantitative estimate of drug-likeness (QED) is 0.791. The summed E-state index contributed by atoms with van der Waals surface area (Å²) in [5.74, 6) is 0.533. The number of benzene rings is 1. The van der Waals surface area contributed by atoms with Crippen molar-refractivity contribution < 1.29 is 4.74 Å². The molecule has 0 spiro atoms. The van der Waals surface area contributed by atoms with E-state index in [0.717, 1.165) is 43.6 Å². The Balaban J connectivity index is 1.95. The van der Waals surface area contributed by atoms with Gasteiger partial charge in [-0.1, -0.05) is 24.9 Å². The van der Waals surface area contributed by atoms with E-state index >= 15 is 0 Å². The summed E-state index contributed by atoms with van der Waals surface area (Å²) in [6.45, 7) is 4.57. The summed E-state index contributed by atoms with van der Waals surface area (Å²) >= 11 is 5.95. The highest BCUT2D eigenvalue weighted by Gasteiger charge is 2.07. The molecule has 104 valence electrons. The molecule has 1 aromatic carbocycles. The third-order valence-electron chi connectivity index (χ3n) is 3.05. The smallest absolute Gasteiger partial charge is 0.201 e. The summed E-state index contributed by atoms with van der Waals surface area (Å²) in [7, 11) is 0. The van der Waals surface area contributed by atoms with E-state index < -0.39 is 0 Å². The van der Waals surface area contributed by atoms with Crippen LogP contribution in [0.5, 0.6) is 0 Å². The lowest BCUT2D eigenvalue weighted by molar-refractivity contribution is 0.126. The van der Waals surface area contributed by atoms with Crippen molar-refractivity contribution in [3.63, 3.8) is 0 Å². The highest BCUT2D eigenvalue weighted by Crippen LogP contribution is 2.21. The third kappa shape index (κ3) is 3.61. The van der Waals surface area contributed by atoms with Crippen LogP contribution in [0.3, 0.4) is 0 Å². The lowest BCUT2D eigenvalue weighted by Crippen LogP contribution is -2.06. The summed E-state index contributed by atoms with van der Waals surface area (Å²) in [5.41, 5.74) is 7.80. The predicted molar refractivity (Wildman–Crippen MR) is 79.5 cm³/mol. The first-order valence-electron chi connectivity index (χ1n) is 6.71. The lowest BCUT2D eigenvalue weighted by atomic mass is 10.3. The second-order valence-electron chi connectivity index (χ2n) is 4.57. The van der Waals surface area contributed by atoms with Crippen LogP contribution in [0.2, 0.25) is 5.02 Å². The van der Waals surface area contributed by atoms with Gasteiger partial charge in [0.05, 0.1) is 11.0 Å². The van der Waals surface area contributed by atoms with Crippen LogP contribution >= 0.6 is 11.6 Å². The molecule has 2 rings (SSSR count). The largest absolute Gasteiger partial charge is 0.381 e. The number of rotatable bonds is 7. The molecule has 2 N–H and O–H groups in total. The Morgan fingerprint density at radius 3 is 2.89 bits per heavy atom. The Bertz CT molecular complexity index is 539. The molecule has 0 saturated heterocycles. The molecule has 19 heavy (non-hydrogen) atoms. The number of aryl methyl sites for hydroxylation is 1. The molecule has 0 bridgehead atoms. The summed E-state index contributed by atoms with van der Waals surface area (Å²) in [4.78, 5) is 4.32. The van der Waals surface area contributed by atoms with Crippen molar-refractivity contribution in [3.8, 4) is 0 Å². The standard InChI is InChI=1S/C14H20ClN3O/c1-2-3-8-19-9-4-7-18-13-6-5-11(15)10-12(13)17-14(18)16/h5-6,10H,2-4,7-9H2,1H3,(H2,16,17). The molecule has 5 heteroatoms. The number of imidazole rings is 1. The Kier molecular flexibility index (Phi) is 5.05. The molecule has 0 aliphatic carbocycles. The van der Waals surface area contributed by atoms with E-state index in [-0.39, 0.29) is 0 Å². The van der Waals surface area contributed by atoms with Crippen LogP contribution in [0.15, 0.2) is 18.2 Å². The number of hydrogen-bond donors (Lipinski definition) is 1. The SMILES string of the molecule is CCCCOCCCn1c(N)nc2cc(Cl)ccc21. The van der Waals surface area contributed by atoms with Gasteiger partial charge in [-0.25, -0.2) is 4.98 Å². The van der Waals surface area contributed by atoms with Crippen LogP contribution in [0.4, 0.5) is 5.95 Å². The summed E-state index contributed by atoms with van der Waals surface area (Å²) in [6, 6.07) is 5.65. The first-order valence-corrected chi connectivity index (χ1v) is 7.09. The summed E-state index contributed by atoms with van der Waals surface area (Å²) < 4.78 is 7.56. The molecule has 0 unspecified atom stereocenters. The van der Waals surface area contributed by atoms with Crippen molar-refractivity contribution in [2.75, 3.05) is 18.9 Å². The van der Waals surface area contributed by atoms with Crippen molar-refractivity contribution in [2.45, 2.75) is 32.7 Å². The molecule has 0 amide bonds. The number of fused-ring (bicyclic) bond motifs is 1. The van der Waals surface area contributed by atoms with Crippen molar-refractivity contribution >= 4 is 28.6 Å². The number of anilines is 1. The highest BCUT2D eigenvalue weighted by atomic mass is 35.5. The second kappa shape index (κ2) is 6.78. The van der Waals surface area contributed by atoms with Crippen LogP contribution < -0.4 is 5.73 Å². The zero-order valence-corrected chi connectivity index (χ0v) is 12.0. The van der Waals surface area contributed by atoms with Crippen molar-refractivity contribution in [1.82, 2.24) is 9.55 Å². The molecule has 0 radical (unpaired) electrons. The van der Waals surface area contributed by atoms with E-state index in [4.69, 9.17) is 22.1 Å². The van der Waals surface area contributed by atoms with E-state index in [1.54, 1.807) is 0 Å². The van der Waals surface area contributed by atoms with E-state index in [1.807, 2.05) is 22.8 Å². The van der Waals surface area contributed by atoms with Gasteiger partial charge in [-0.05, 0) is 31.0 Å². The zero-order chi connectivity index (χ0) is 13.7. The molecule has 1 heterocycles. The Hall–Kier alpha value is -1.26. The number of nitrogens with two attached hydrogens (primary N) is 1. The molecular weight excluding hydrogens is 262 g/mol. The Labute approximate surface area is 118 Å². The minimum Gasteiger partial charge on any atom is -0.381 e. The predicted octanol–water partition coefficient (Wildman–Crippen LogP) is 3.48. The van der Waals surface area contributed by atoms with Gasteiger partial charge in [-0.3, -0.25) is 0 Å². The van der Waals surface area contributed by atoms with Gasteiger partial charge in [0.2, 0.25) is 5.95 Å². The van der Waals surface area contributed by atoms with Gasteiger partial charge in [0.15, 0.2) is 0 Å². The number of halogens is 1. The fraction of sp³-hybridized carbons (Fsp3) is 0.500. The van der Waals surface area contributed by atoms with Crippen molar-refractivity contribution in [3.05, 3.63) is 23.2 Å². The summed E-state index contributed by atoms with van der Waals surface area (Å²) in [5, 5.41) is 0.681. The second-order valence-corrected chi connectivity index (χ2v) is 5.01. The molecule has 1 aromatic heterocycles. The molecule has 0 saturated carbocycles. The van der Waals surface area contributed by atoms with Crippen molar-refractivity contribution in [1.29, 1.82) is 0 Å². The Morgan fingerprint density at radius 1 is 1.32 bits per heavy atom. The zero-order valence-electron chi connectivity index (χ0n) is 11.2. The average Bonchev–Trinajstić information content (AvgIpc) is 2.69. The van der Waals surface area contributed by atoms with Crippen LogP contribution in [-0.4, -0.2) is 22.8 Å². The van der Waals surface area contributed by atoms with E-state index in [9.17, 15) is 0 Å². The fourth-order valence-electron chi connectivity index (χ4n) is 2.03. The van der Waals surface area contributed by atoms with Crippen LogP contribution in [-0.2, 0) is 11.3 Å². The van der Waals surface area contributed by atoms with Crippen LogP contribution in [0, 0.1) is 0 Å². The van der Waals surface area contributed by atoms with Crippen LogP contribution in [0.1, 0.15) is 26.2 Å². The van der Waals surface area contributed by atoms with Gasteiger partial charge in [0, 0.05) is 24.8 Å². The molecular formula is C14H20ClN3O. The first kappa shape index (κ1) is 14.2. The number of hydrogen-bond acceptors (Lipinski definition) is 3. The molecule has 0 fully saturated rings. The number of nitrogen functional groups attached to an aromatic ring is 1. The minimum atomic E-state index is 0.533. The van der Waals surface area contributed by atoms with E-state index in [0.29, 0.717) is 11.0 Å². The fourth-order valence-corrected chi connectivity index (χ4v) is 2.20. The third-order valence-corrected chi connectivity index (χ3v) is 3.29. The minimum absolute atomic E-state index is 0.533. The van der Waals surface area contributed by atoms with Gasteiger partial charge >= 0.3 is 0 Å². The highest BCUT2D eigenvalue weighted by molar-refractivity contribution is 6.31. The number of ether oxygens (including phenoxy) is 1. The van der Waals surface area contributed by atoms with E-state index in [1.165, 1.54) is 6.42 Å². The Morgan fingerprint density at radius 2 is 2.11 bits per heavy atom. The topological polar surface area (TPSA) is 53.1 Å². The van der Waals surface area contributed by atoms with E-state index in [2.05, 4.69) is 11.9 Å². The molecule has 4 nitrogen and oxygen atoms in total.